The molecule has 0 saturated carbocycles. The van der Waals surface area contributed by atoms with Gasteiger partial charge in [-0.25, -0.2) is 9.97 Å². The molecule has 0 radical (unpaired) electrons. The Bertz CT molecular complexity index is 592. The van der Waals surface area contributed by atoms with Gasteiger partial charge in [0.1, 0.15) is 11.6 Å². The molecule has 3 rings (SSSR count). The first-order valence-corrected chi connectivity index (χ1v) is 7.27. The largest absolute Gasteiger partial charge is 0.353 e. The molecule has 1 amide bonds. The number of rotatable bonds is 2. The lowest BCUT2D eigenvalue weighted by molar-refractivity contribution is 0.0746. The van der Waals surface area contributed by atoms with Gasteiger partial charge in [-0.1, -0.05) is 6.07 Å². The lowest BCUT2D eigenvalue weighted by Gasteiger charge is -2.34. The third-order valence-corrected chi connectivity index (χ3v) is 4.05. The van der Waals surface area contributed by atoms with Crippen LogP contribution in [0.1, 0.15) is 15.6 Å². The molecular weight excluding hydrogens is 274 g/mol. The predicted molar refractivity (Wildman–Crippen MR) is 77.0 cm³/mol. The quantitative estimate of drug-likeness (QED) is 0.831. The normalized spacial score (nSPS) is 15.4. The first-order valence-electron chi connectivity index (χ1n) is 6.49. The van der Waals surface area contributed by atoms with Crippen LogP contribution in [0.15, 0.2) is 24.4 Å². The molecule has 7 heteroatoms. The van der Waals surface area contributed by atoms with Gasteiger partial charge in [-0.05, 0) is 30.6 Å². The van der Waals surface area contributed by atoms with E-state index in [2.05, 4.69) is 19.2 Å². The van der Waals surface area contributed by atoms with E-state index in [1.807, 2.05) is 23.1 Å². The third-order valence-electron chi connectivity index (χ3n) is 3.25. The van der Waals surface area contributed by atoms with E-state index >= 15 is 0 Å². The second kappa shape index (κ2) is 5.54. The van der Waals surface area contributed by atoms with E-state index in [9.17, 15) is 4.79 Å². The Hall–Kier alpha value is -2.02. The van der Waals surface area contributed by atoms with Crippen LogP contribution in [-0.4, -0.2) is 51.3 Å². The van der Waals surface area contributed by atoms with E-state index in [-0.39, 0.29) is 5.91 Å². The van der Waals surface area contributed by atoms with Gasteiger partial charge in [0, 0.05) is 32.4 Å². The summed E-state index contributed by atoms with van der Waals surface area (Å²) in [6, 6.07) is 5.87. The van der Waals surface area contributed by atoms with Crippen LogP contribution in [-0.2, 0) is 0 Å². The molecule has 3 heterocycles. The van der Waals surface area contributed by atoms with Crippen LogP contribution in [0.3, 0.4) is 0 Å². The lowest BCUT2D eigenvalue weighted by atomic mass is 10.3. The Morgan fingerprint density at radius 2 is 2.05 bits per heavy atom. The van der Waals surface area contributed by atoms with Gasteiger partial charge in [-0.15, -0.1) is 0 Å². The number of amides is 1. The topological polar surface area (TPSA) is 62.2 Å². The predicted octanol–water partition coefficient (Wildman–Crippen LogP) is 1.20. The van der Waals surface area contributed by atoms with Crippen molar-refractivity contribution in [3.63, 3.8) is 0 Å². The molecule has 6 nitrogen and oxygen atoms in total. The number of carbonyl (C=O) groups is 1. The second-order valence-corrected chi connectivity index (χ2v) is 5.37. The first kappa shape index (κ1) is 13.0. The zero-order valence-electron chi connectivity index (χ0n) is 11.2. The Kier molecular flexibility index (Phi) is 3.60. The molecular formula is C13H15N5OS. The maximum absolute atomic E-state index is 12.3. The average molecular weight is 289 g/mol. The minimum absolute atomic E-state index is 0.0173. The second-order valence-electron chi connectivity index (χ2n) is 4.61. The highest BCUT2D eigenvalue weighted by Gasteiger charge is 2.24. The molecule has 0 N–H and O–H groups in total. The van der Waals surface area contributed by atoms with Crippen molar-refractivity contribution in [1.82, 2.24) is 19.2 Å². The molecule has 0 spiro atoms. The zero-order chi connectivity index (χ0) is 13.9. The van der Waals surface area contributed by atoms with Crippen molar-refractivity contribution >= 4 is 23.3 Å². The molecule has 1 fully saturated rings. The van der Waals surface area contributed by atoms with Gasteiger partial charge in [-0.3, -0.25) is 4.79 Å². The summed E-state index contributed by atoms with van der Waals surface area (Å²) < 4.78 is 4.06. The summed E-state index contributed by atoms with van der Waals surface area (Å²) >= 11 is 1.17. The Morgan fingerprint density at radius 1 is 1.25 bits per heavy atom. The highest BCUT2D eigenvalue weighted by Crippen LogP contribution is 2.15. The maximum atomic E-state index is 12.3. The maximum Gasteiger partial charge on any atom is 0.284 e. The summed E-state index contributed by atoms with van der Waals surface area (Å²) in [4.78, 5) is 24.8. The Morgan fingerprint density at radius 3 is 2.65 bits per heavy atom. The van der Waals surface area contributed by atoms with Gasteiger partial charge < -0.3 is 9.80 Å². The van der Waals surface area contributed by atoms with Crippen LogP contribution in [0.2, 0.25) is 0 Å². The minimum atomic E-state index is -0.0173. The van der Waals surface area contributed by atoms with Crippen molar-refractivity contribution in [1.29, 1.82) is 0 Å². The van der Waals surface area contributed by atoms with Crippen molar-refractivity contribution in [2.24, 2.45) is 0 Å². The molecule has 104 valence electrons. The van der Waals surface area contributed by atoms with Crippen molar-refractivity contribution in [3.05, 3.63) is 35.2 Å². The van der Waals surface area contributed by atoms with E-state index in [0.29, 0.717) is 23.9 Å². The fraction of sp³-hybridized carbons (Fsp3) is 0.385. The van der Waals surface area contributed by atoms with Gasteiger partial charge in [-0.2, -0.15) is 4.37 Å². The van der Waals surface area contributed by atoms with Crippen LogP contribution >= 0.6 is 11.5 Å². The minimum Gasteiger partial charge on any atom is -0.353 e. The van der Waals surface area contributed by atoms with E-state index in [1.165, 1.54) is 11.5 Å². The Balaban J connectivity index is 1.63. The van der Waals surface area contributed by atoms with E-state index in [1.54, 1.807) is 13.1 Å². The van der Waals surface area contributed by atoms with Gasteiger partial charge in [0.2, 0.25) is 5.01 Å². The molecule has 0 aliphatic carbocycles. The molecule has 2 aromatic heterocycles. The molecule has 0 aromatic carbocycles. The van der Waals surface area contributed by atoms with Crippen molar-refractivity contribution < 1.29 is 4.79 Å². The van der Waals surface area contributed by atoms with Crippen molar-refractivity contribution in [2.45, 2.75) is 6.92 Å². The van der Waals surface area contributed by atoms with E-state index < -0.39 is 0 Å². The summed E-state index contributed by atoms with van der Waals surface area (Å²) in [5.74, 6) is 1.60. The Labute approximate surface area is 121 Å². The van der Waals surface area contributed by atoms with Gasteiger partial charge >= 0.3 is 0 Å². The molecule has 1 saturated heterocycles. The molecule has 1 aliphatic heterocycles. The van der Waals surface area contributed by atoms with E-state index in [0.717, 1.165) is 18.9 Å². The summed E-state index contributed by atoms with van der Waals surface area (Å²) in [6.07, 6.45) is 1.79. The molecule has 2 aromatic rings. The van der Waals surface area contributed by atoms with Crippen LogP contribution in [0, 0.1) is 6.92 Å². The highest BCUT2D eigenvalue weighted by molar-refractivity contribution is 7.07. The third kappa shape index (κ3) is 2.62. The number of aryl methyl sites for hydroxylation is 1. The SMILES string of the molecule is Cc1nsc(C(=O)N2CCN(c3ccccn3)CC2)n1. The summed E-state index contributed by atoms with van der Waals surface area (Å²) in [7, 11) is 0. The highest BCUT2D eigenvalue weighted by atomic mass is 32.1. The molecule has 0 atom stereocenters. The van der Waals surface area contributed by atoms with Crippen LogP contribution < -0.4 is 4.90 Å². The summed E-state index contributed by atoms with van der Waals surface area (Å²) in [5, 5.41) is 0.480. The number of pyridine rings is 1. The van der Waals surface area contributed by atoms with Crippen LogP contribution in [0.25, 0.3) is 0 Å². The standard InChI is InChI=1S/C13H15N5OS/c1-10-15-12(20-16-10)13(19)18-8-6-17(7-9-18)11-4-2-3-5-14-11/h2-5H,6-9H2,1H3. The average Bonchev–Trinajstić information content (AvgIpc) is 2.94. The summed E-state index contributed by atoms with van der Waals surface area (Å²) in [5.41, 5.74) is 0. The van der Waals surface area contributed by atoms with Crippen molar-refractivity contribution in [3.8, 4) is 0 Å². The number of piperazine rings is 1. The van der Waals surface area contributed by atoms with Gasteiger partial charge in [0.05, 0.1) is 0 Å². The number of hydrogen-bond acceptors (Lipinski definition) is 6. The number of anilines is 1. The fourth-order valence-corrected chi connectivity index (χ4v) is 2.84. The number of aromatic nitrogens is 3. The first-order chi connectivity index (χ1) is 9.74. The van der Waals surface area contributed by atoms with Crippen LogP contribution in [0.5, 0.6) is 0 Å². The smallest absolute Gasteiger partial charge is 0.284 e. The zero-order valence-corrected chi connectivity index (χ0v) is 12.0. The molecule has 20 heavy (non-hydrogen) atoms. The van der Waals surface area contributed by atoms with E-state index in [4.69, 9.17) is 0 Å². The monoisotopic (exact) mass is 289 g/mol. The van der Waals surface area contributed by atoms with Gasteiger partial charge in [0.15, 0.2) is 0 Å². The number of hydrogen-bond donors (Lipinski definition) is 0. The molecule has 0 unspecified atom stereocenters. The lowest BCUT2D eigenvalue weighted by Crippen LogP contribution is -2.49. The summed E-state index contributed by atoms with van der Waals surface area (Å²) in [6.45, 7) is 4.76. The van der Waals surface area contributed by atoms with Crippen molar-refractivity contribution in [2.75, 3.05) is 31.1 Å². The molecule has 1 aliphatic rings. The van der Waals surface area contributed by atoms with Crippen LogP contribution in [0.4, 0.5) is 5.82 Å². The fourth-order valence-electron chi connectivity index (χ4n) is 2.20. The molecule has 0 bridgehead atoms. The number of nitrogens with zero attached hydrogens (tertiary/aromatic N) is 5. The van der Waals surface area contributed by atoms with Gasteiger partial charge in [0.25, 0.3) is 5.91 Å². The number of carbonyl (C=O) groups excluding carboxylic acids is 1.